The third-order valence-electron chi connectivity index (χ3n) is 3.52. The first kappa shape index (κ1) is 16.5. The van der Waals surface area contributed by atoms with Crippen molar-refractivity contribution in [3.8, 4) is 11.6 Å². The molecule has 0 aliphatic rings. The summed E-state index contributed by atoms with van der Waals surface area (Å²) in [6.07, 6.45) is 1.64. The molecule has 0 fully saturated rings. The maximum atomic E-state index is 6.04. The van der Waals surface area contributed by atoms with Gasteiger partial charge in [0.05, 0.1) is 5.56 Å². The minimum Gasteiger partial charge on any atom is -0.438 e. The van der Waals surface area contributed by atoms with Crippen molar-refractivity contribution in [3.05, 3.63) is 89.6 Å². The summed E-state index contributed by atoms with van der Waals surface area (Å²) in [6, 6.07) is 21.0. The van der Waals surface area contributed by atoms with Gasteiger partial charge in [0.1, 0.15) is 12.4 Å². The molecule has 25 heavy (non-hydrogen) atoms. The van der Waals surface area contributed by atoms with Crippen molar-refractivity contribution in [2.45, 2.75) is 13.5 Å². The van der Waals surface area contributed by atoms with E-state index >= 15 is 0 Å². The average Bonchev–Trinajstić information content (AvgIpc) is 2.64. The van der Waals surface area contributed by atoms with Crippen LogP contribution in [0.15, 0.2) is 78.1 Å². The van der Waals surface area contributed by atoms with E-state index in [0.29, 0.717) is 23.8 Å². The van der Waals surface area contributed by atoms with E-state index in [2.05, 4.69) is 10.1 Å². The summed E-state index contributed by atoms with van der Waals surface area (Å²) in [4.78, 5) is 9.59. The molecule has 126 valence electrons. The lowest BCUT2D eigenvalue weighted by atomic mass is 10.2. The monoisotopic (exact) mass is 333 g/mol. The summed E-state index contributed by atoms with van der Waals surface area (Å²) in [7, 11) is 0. The lowest BCUT2D eigenvalue weighted by Crippen LogP contribution is -2.15. The molecule has 3 aromatic rings. The number of benzene rings is 2. The number of oxime groups is 1. The minimum atomic E-state index is 0.214. The predicted molar refractivity (Wildman–Crippen MR) is 97.4 cm³/mol. The smallest absolute Gasteiger partial charge is 0.230 e. The van der Waals surface area contributed by atoms with Gasteiger partial charge >= 0.3 is 0 Å². The third-order valence-corrected chi connectivity index (χ3v) is 3.52. The van der Waals surface area contributed by atoms with Gasteiger partial charge in [-0.3, -0.25) is 0 Å². The van der Waals surface area contributed by atoms with Crippen LogP contribution in [-0.4, -0.2) is 10.8 Å². The molecule has 0 atom stereocenters. The Morgan fingerprint density at radius 3 is 2.52 bits per heavy atom. The van der Waals surface area contributed by atoms with Crippen LogP contribution in [0.25, 0.3) is 0 Å². The molecule has 5 heteroatoms. The van der Waals surface area contributed by atoms with Gasteiger partial charge in [-0.25, -0.2) is 4.98 Å². The molecule has 2 aromatic carbocycles. The third kappa shape index (κ3) is 4.57. The summed E-state index contributed by atoms with van der Waals surface area (Å²) < 4.78 is 5.78. The van der Waals surface area contributed by atoms with Crippen LogP contribution >= 0.6 is 0 Å². The number of rotatable bonds is 6. The number of hydrogen-bond acceptors (Lipinski definition) is 4. The molecule has 0 radical (unpaired) electrons. The number of ether oxygens (including phenoxy) is 1. The zero-order valence-corrected chi connectivity index (χ0v) is 13.9. The molecule has 2 N–H and O–H groups in total. The van der Waals surface area contributed by atoms with Crippen LogP contribution in [0.1, 0.15) is 16.7 Å². The Hall–Kier alpha value is -3.34. The second-order valence-electron chi connectivity index (χ2n) is 5.51. The van der Waals surface area contributed by atoms with E-state index in [0.717, 1.165) is 5.56 Å². The molecule has 0 spiro atoms. The molecule has 0 amide bonds. The normalized spacial score (nSPS) is 11.2. The highest BCUT2D eigenvalue weighted by Gasteiger charge is 2.10. The van der Waals surface area contributed by atoms with Crippen molar-refractivity contribution in [1.82, 2.24) is 4.98 Å². The van der Waals surface area contributed by atoms with E-state index in [1.807, 2.05) is 61.5 Å². The van der Waals surface area contributed by atoms with E-state index in [-0.39, 0.29) is 5.84 Å². The highest BCUT2D eigenvalue weighted by Crippen LogP contribution is 2.22. The highest BCUT2D eigenvalue weighted by atomic mass is 16.6. The summed E-state index contributed by atoms with van der Waals surface area (Å²) >= 11 is 0. The molecule has 0 unspecified atom stereocenters. The summed E-state index contributed by atoms with van der Waals surface area (Å²) in [5.74, 6) is 1.27. The summed E-state index contributed by atoms with van der Waals surface area (Å²) in [5, 5.41) is 3.99. The Kier molecular flexibility index (Phi) is 5.26. The van der Waals surface area contributed by atoms with Crippen LogP contribution in [0.3, 0.4) is 0 Å². The zero-order chi connectivity index (χ0) is 17.5. The molecular formula is C20H19N3O2. The fourth-order valence-electron chi connectivity index (χ4n) is 2.18. The van der Waals surface area contributed by atoms with Gasteiger partial charge < -0.3 is 15.3 Å². The van der Waals surface area contributed by atoms with Crippen molar-refractivity contribution < 1.29 is 9.57 Å². The minimum absolute atomic E-state index is 0.214. The number of nitrogens with two attached hydrogens (primary N) is 1. The zero-order valence-electron chi connectivity index (χ0n) is 13.9. The second-order valence-corrected chi connectivity index (χ2v) is 5.51. The Morgan fingerprint density at radius 2 is 1.76 bits per heavy atom. The van der Waals surface area contributed by atoms with E-state index in [1.54, 1.807) is 18.3 Å². The van der Waals surface area contributed by atoms with Gasteiger partial charge in [-0.05, 0) is 36.8 Å². The van der Waals surface area contributed by atoms with Crippen molar-refractivity contribution in [1.29, 1.82) is 0 Å². The quantitative estimate of drug-likeness (QED) is 0.420. The Balaban J connectivity index is 1.70. The Morgan fingerprint density at radius 1 is 1.00 bits per heavy atom. The molecule has 1 aromatic heterocycles. The molecule has 0 aliphatic carbocycles. The number of aromatic nitrogens is 1. The number of amidine groups is 1. The van der Waals surface area contributed by atoms with Gasteiger partial charge in [0.2, 0.25) is 5.88 Å². The van der Waals surface area contributed by atoms with Crippen LogP contribution < -0.4 is 10.5 Å². The number of nitrogens with zero attached hydrogens (tertiary/aromatic N) is 2. The average molecular weight is 333 g/mol. The van der Waals surface area contributed by atoms with E-state index in [9.17, 15) is 0 Å². The van der Waals surface area contributed by atoms with Crippen molar-refractivity contribution in [2.24, 2.45) is 10.9 Å². The Bertz CT molecular complexity index is 846. The Labute approximate surface area is 146 Å². The number of aryl methyl sites for hydroxylation is 1. The highest BCUT2D eigenvalue weighted by molar-refractivity contribution is 5.99. The van der Waals surface area contributed by atoms with Crippen LogP contribution in [0.4, 0.5) is 0 Å². The number of pyridine rings is 1. The molecular weight excluding hydrogens is 314 g/mol. The van der Waals surface area contributed by atoms with E-state index in [1.165, 1.54) is 5.56 Å². The topological polar surface area (TPSA) is 69.7 Å². The number of hydrogen-bond donors (Lipinski definition) is 1. The van der Waals surface area contributed by atoms with Crippen LogP contribution in [-0.2, 0) is 11.4 Å². The fraction of sp³-hybridized carbons (Fsp3) is 0.100. The van der Waals surface area contributed by atoms with Crippen LogP contribution in [0, 0.1) is 6.92 Å². The van der Waals surface area contributed by atoms with Gasteiger partial charge in [0.25, 0.3) is 0 Å². The van der Waals surface area contributed by atoms with Gasteiger partial charge in [0.15, 0.2) is 5.84 Å². The van der Waals surface area contributed by atoms with Gasteiger partial charge in [-0.15, -0.1) is 0 Å². The molecule has 5 nitrogen and oxygen atoms in total. The lowest BCUT2D eigenvalue weighted by Gasteiger charge is -2.09. The molecule has 0 saturated carbocycles. The predicted octanol–water partition coefficient (Wildman–Crippen LogP) is 4.02. The largest absolute Gasteiger partial charge is 0.438 e. The standard InChI is InChI=1S/C20H19N3O2/c1-15-9-11-16(12-10-15)14-24-23-19(21)18-8-5-13-22-20(18)25-17-6-3-2-4-7-17/h2-13H,14H2,1H3,(H2,21,23). The van der Waals surface area contributed by atoms with Gasteiger partial charge in [0, 0.05) is 6.20 Å². The maximum absolute atomic E-state index is 6.04. The summed E-state index contributed by atoms with van der Waals surface area (Å²) in [6.45, 7) is 2.38. The van der Waals surface area contributed by atoms with Gasteiger partial charge in [-0.1, -0.05) is 53.2 Å². The van der Waals surface area contributed by atoms with Crippen molar-refractivity contribution in [2.75, 3.05) is 0 Å². The molecule has 3 rings (SSSR count). The molecule has 0 bridgehead atoms. The maximum Gasteiger partial charge on any atom is 0.230 e. The molecule has 1 heterocycles. The van der Waals surface area contributed by atoms with Crippen molar-refractivity contribution >= 4 is 5.84 Å². The molecule has 0 aliphatic heterocycles. The first-order valence-electron chi connectivity index (χ1n) is 7.91. The van der Waals surface area contributed by atoms with E-state index in [4.69, 9.17) is 15.3 Å². The van der Waals surface area contributed by atoms with Crippen LogP contribution in [0.5, 0.6) is 11.6 Å². The van der Waals surface area contributed by atoms with Crippen LogP contribution in [0.2, 0.25) is 0 Å². The fourth-order valence-corrected chi connectivity index (χ4v) is 2.18. The lowest BCUT2D eigenvalue weighted by molar-refractivity contribution is 0.130. The number of para-hydroxylation sites is 1. The first-order chi connectivity index (χ1) is 12.2. The van der Waals surface area contributed by atoms with Gasteiger partial charge in [-0.2, -0.15) is 0 Å². The van der Waals surface area contributed by atoms with Crippen molar-refractivity contribution in [3.63, 3.8) is 0 Å². The SMILES string of the molecule is Cc1ccc(CO/N=C(/N)c2cccnc2Oc2ccccc2)cc1. The first-order valence-corrected chi connectivity index (χ1v) is 7.91. The van der Waals surface area contributed by atoms with E-state index < -0.39 is 0 Å². The molecule has 0 saturated heterocycles. The summed E-state index contributed by atoms with van der Waals surface area (Å²) in [5.41, 5.74) is 8.84. The second kappa shape index (κ2) is 7.97.